The highest BCUT2D eigenvalue weighted by atomic mass is 79.9. The molecule has 0 bridgehead atoms. The molecule has 5 nitrogen and oxygen atoms in total. The first-order valence-electron chi connectivity index (χ1n) is 7.26. The van der Waals surface area contributed by atoms with Gasteiger partial charge in [0.1, 0.15) is 21.3 Å². The number of aromatic nitrogens is 1. The van der Waals surface area contributed by atoms with Gasteiger partial charge in [0.05, 0.1) is 29.4 Å². The van der Waals surface area contributed by atoms with E-state index in [0.717, 1.165) is 29.1 Å². The SMILES string of the molecule is C/C(=N\S(=O)C(C)(C)C)c1nc(Br)ccc1N1CCOCC1. The summed E-state index contributed by atoms with van der Waals surface area (Å²) in [6.07, 6.45) is 0. The topological polar surface area (TPSA) is 54.8 Å². The first-order chi connectivity index (χ1) is 10.3. The van der Waals surface area contributed by atoms with Gasteiger partial charge >= 0.3 is 0 Å². The molecule has 2 rings (SSSR count). The molecule has 1 atom stereocenters. The van der Waals surface area contributed by atoms with Crippen LogP contribution in [-0.2, 0) is 15.7 Å². The van der Waals surface area contributed by atoms with Gasteiger partial charge in [-0.2, -0.15) is 4.40 Å². The van der Waals surface area contributed by atoms with Crippen molar-refractivity contribution in [1.82, 2.24) is 4.98 Å². The molecule has 0 saturated carbocycles. The van der Waals surface area contributed by atoms with Crippen LogP contribution < -0.4 is 4.90 Å². The number of ether oxygens (including phenoxy) is 1. The van der Waals surface area contributed by atoms with Gasteiger partial charge in [0.15, 0.2) is 0 Å². The van der Waals surface area contributed by atoms with Crippen molar-refractivity contribution in [1.29, 1.82) is 0 Å². The fourth-order valence-corrected chi connectivity index (χ4v) is 2.98. The lowest BCUT2D eigenvalue weighted by atomic mass is 10.2. The lowest BCUT2D eigenvalue weighted by Gasteiger charge is -2.30. The van der Waals surface area contributed by atoms with Crippen LogP contribution in [0.3, 0.4) is 0 Å². The Bertz CT molecular complexity index is 593. The van der Waals surface area contributed by atoms with E-state index in [1.807, 2.05) is 39.8 Å². The van der Waals surface area contributed by atoms with E-state index in [1.165, 1.54) is 0 Å². The molecule has 1 saturated heterocycles. The van der Waals surface area contributed by atoms with Crippen LogP contribution in [0.5, 0.6) is 0 Å². The van der Waals surface area contributed by atoms with Gasteiger partial charge in [-0.25, -0.2) is 9.19 Å². The monoisotopic (exact) mass is 387 g/mol. The molecule has 1 fully saturated rings. The average Bonchev–Trinajstić information content (AvgIpc) is 2.47. The summed E-state index contributed by atoms with van der Waals surface area (Å²) in [6.45, 7) is 10.7. The Morgan fingerprint density at radius 3 is 2.59 bits per heavy atom. The fraction of sp³-hybridized carbons (Fsp3) is 0.600. The molecule has 0 N–H and O–H groups in total. The van der Waals surface area contributed by atoms with Crippen LogP contribution in [0.1, 0.15) is 33.4 Å². The van der Waals surface area contributed by atoms with Crippen molar-refractivity contribution in [3.63, 3.8) is 0 Å². The summed E-state index contributed by atoms with van der Waals surface area (Å²) >= 11 is 3.41. The Balaban J connectivity index is 2.38. The zero-order valence-electron chi connectivity index (χ0n) is 13.4. The maximum absolute atomic E-state index is 12.3. The van der Waals surface area contributed by atoms with Gasteiger partial charge in [0.2, 0.25) is 0 Å². The van der Waals surface area contributed by atoms with E-state index in [9.17, 15) is 4.21 Å². The van der Waals surface area contributed by atoms with Crippen molar-refractivity contribution < 1.29 is 8.95 Å². The highest BCUT2D eigenvalue weighted by Gasteiger charge is 2.22. The standard InChI is InChI=1S/C15H22BrN3O2S/c1-11(18-22(20)15(2,3)4)14-12(5-6-13(16)17-14)19-7-9-21-10-8-19/h5-6H,7-10H2,1-4H3/b18-11+. The van der Waals surface area contributed by atoms with Crippen molar-refractivity contribution in [2.24, 2.45) is 4.40 Å². The predicted molar refractivity (Wildman–Crippen MR) is 95.1 cm³/mol. The number of hydrogen-bond acceptors (Lipinski definition) is 4. The van der Waals surface area contributed by atoms with E-state index in [0.29, 0.717) is 18.9 Å². The zero-order chi connectivity index (χ0) is 16.3. The number of hydrogen-bond donors (Lipinski definition) is 0. The average molecular weight is 388 g/mol. The summed E-state index contributed by atoms with van der Waals surface area (Å²) in [4.78, 5) is 6.79. The summed E-state index contributed by atoms with van der Waals surface area (Å²) in [7, 11) is -1.30. The second kappa shape index (κ2) is 7.19. The zero-order valence-corrected chi connectivity index (χ0v) is 15.8. The first kappa shape index (κ1) is 17.6. The van der Waals surface area contributed by atoms with Gasteiger partial charge in [0, 0.05) is 13.1 Å². The summed E-state index contributed by atoms with van der Waals surface area (Å²) in [6, 6.07) is 3.94. The second-order valence-corrected chi connectivity index (χ2v) is 8.86. The van der Waals surface area contributed by atoms with Crippen molar-refractivity contribution in [3.8, 4) is 0 Å². The molecule has 1 aliphatic rings. The highest BCUT2D eigenvalue weighted by molar-refractivity contribution is 9.10. The van der Waals surface area contributed by atoms with Crippen molar-refractivity contribution >= 4 is 38.3 Å². The first-order valence-corrected chi connectivity index (χ1v) is 9.16. The van der Waals surface area contributed by atoms with E-state index in [-0.39, 0.29) is 4.75 Å². The summed E-state index contributed by atoms with van der Waals surface area (Å²) in [5.41, 5.74) is 2.48. The molecule has 22 heavy (non-hydrogen) atoms. The number of pyridine rings is 1. The smallest absolute Gasteiger partial charge is 0.145 e. The molecule has 0 spiro atoms. The van der Waals surface area contributed by atoms with Crippen molar-refractivity contribution in [3.05, 3.63) is 22.4 Å². The number of anilines is 1. The quantitative estimate of drug-likeness (QED) is 0.590. The molecule has 0 amide bonds. The Morgan fingerprint density at radius 2 is 2.00 bits per heavy atom. The fourth-order valence-electron chi connectivity index (χ4n) is 2.06. The van der Waals surface area contributed by atoms with E-state index < -0.39 is 11.0 Å². The Morgan fingerprint density at radius 1 is 1.36 bits per heavy atom. The minimum absolute atomic E-state index is 0.383. The number of rotatable bonds is 3. The van der Waals surface area contributed by atoms with E-state index in [1.54, 1.807) is 0 Å². The largest absolute Gasteiger partial charge is 0.378 e. The predicted octanol–water partition coefficient (Wildman–Crippen LogP) is 2.95. The number of morpholine rings is 1. The molecular formula is C15H22BrN3O2S. The Labute approximate surface area is 142 Å². The highest BCUT2D eigenvalue weighted by Crippen LogP contribution is 2.24. The maximum Gasteiger partial charge on any atom is 0.145 e. The van der Waals surface area contributed by atoms with Gasteiger partial charge in [-0.15, -0.1) is 0 Å². The van der Waals surface area contributed by atoms with Crippen molar-refractivity contribution in [2.75, 3.05) is 31.2 Å². The second-order valence-electron chi connectivity index (χ2n) is 6.14. The van der Waals surface area contributed by atoms with E-state index in [4.69, 9.17) is 4.74 Å². The van der Waals surface area contributed by atoms with Crippen LogP contribution >= 0.6 is 15.9 Å². The molecule has 1 aromatic rings. The van der Waals surface area contributed by atoms with Crippen LogP contribution in [0.2, 0.25) is 0 Å². The summed E-state index contributed by atoms with van der Waals surface area (Å²) in [5.74, 6) is 0. The maximum atomic E-state index is 12.3. The van der Waals surface area contributed by atoms with Crippen LogP contribution in [0.15, 0.2) is 21.1 Å². The van der Waals surface area contributed by atoms with E-state index >= 15 is 0 Å². The van der Waals surface area contributed by atoms with Gasteiger partial charge in [-0.3, -0.25) is 0 Å². The molecule has 7 heteroatoms. The normalized spacial score (nSPS) is 18.4. The molecule has 1 unspecified atom stereocenters. The number of halogens is 1. The third-order valence-corrected chi connectivity index (χ3v) is 5.21. The van der Waals surface area contributed by atoms with Gasteiger partial charge in [-0.05, 0) is 55.8 Å². The molecule has 0 radical (unpaired) electrons. The number of nitrogens with zero attached hydrogens (tertiary/aromatic N) is 3. The molecule has 0 aromatic carbocycles. The molecule has 0 aliphatic carbocycles. The van der Waals surface area contributed by atoms with Gasteiger partial charge in [-0.1, -0.05) is 0 Å². The van der Waals surface area contributed by atoms with E-state index in [2.05, 4.69) is 30.2 Å². The van der Waals surface area contributed by atoms with Crippen LogP contribution in [0.4, 0.5) is 5.69 Å². The minimum Gasteiger partial charge on any atom is -0.378 e. The minimum atomic E-state index is -1.30. The van der Waals surface area contributed by atoms with Crippen LogP contribution in [0, 0.1) is 0 Å². The lowest BCUT2D eigenvalue weighted by Crippen LogP contribution is -2.37. The molecule has 2 heterocycles. The molecule has 1 aromatic heterocycles. The lowest BCUT2D eigenvalue weighted by molar-refractivity contribution is 0.122. The molecule has 1 aliphatic heterocycles. The third kappa shape index (κ3) is 4.36. The summed E-state index contributed by atoms with van der Waals surface area (Å²) in [5, 5.41) is 0. The summed E-state index contributed by atoms with van der Waals surface area (Å²) < 4.78 is 22.4. The van der Waals surface area contributed by atoms with Gasteiger partial charge in [0.25, 0.3) is 0 Å². The van der Waals surface area contributed by atoms with Crippen molar-refractivity contribution in [2.45, 2.75) is 32.4 Å². The third-order valence-electron chi connectivity index (χ3n) is 3.28. The molecular weight excluding hydrogens is 366 g/mol. The van der Waals surface area contributed by atoms with Gasteiger partial charge < -0.3 is 9.64 Å². The molecule has 122 valence electrons. The Kier molecular flexibility index (Phi) is 5.74. The van der Waals surface area contributed by atoms with Crippen LogP contribution in [0.25, 0.3) is 0 Å². The van der Waals surface area contributed by atoms with Crippen LogP contribution in [-0.4, -0.2) is 46.0 Å². The Hall–Kier alpha value is -0.790.